The van der Waals surface area contributed by atoms with Crippen LogP contribution < -0.4 is 4.74 Å². The van der Waals surface area contributed by atoms with Gasteiger partial charge in [-0.15, -0.1) is 0 Å². The Labute approximate surface area is 171 Å². The smallest absolute Gasteiger partial charge is 0.138 e. The van der Waals surface area contributed by atoms with Crippen molar-refractivity contribution in [3.8, 4) is 5.75 Å². The topological polar surface area (TPSA) is 37.9 Å². The van der Waals surface area contributed by atoms with Crippen molar-refractivity contribution in [1.29, 1.82) is 0 Å². The van der Waals surface area contributed by atoms with Crippen LogP contribution in [0.2, 0.25) is 15.1 Å². The zero-order valence-corrected chi connectivity index (χ0v) is 16.4. The van der Waals surface area contributed by atoms with Gasteiger partial charge in [0.2, 0.25) is 0 Å². The first-order valence-corrected chi connectivity index (χ1v) is 9.50. The van der Waals surface area contributed by atoms with Crippen molar-refractivity contribution in [2.24, 2.45) is 0 Å². The van der Waals surface area contributed by atoms with Crippen molar-refractivity contribution < 1.29 is 4.74 Å². The predicted octanol–water partition coefficient (Wildman–Crippen LogP) is 6.69. The molecule has 6 heteroatoms. The third kappa shape index (κ3) is 3.91. The van der Waals surface area contributed by atoms with Crippen LogP contribution in [0.3, 0.4) is 0 Å². The molecule has 0 aliphatic rings. The Morgan fingerprint density at radius 2 is 1.78 bits per heavy atom. The van der Waals surface area contributed by atoms with E-state index in [2.05, 4.69) is 9.97 Å². The van der Waals surface area contributed by atoms with Gasteiger partial charge in [0.15, 0.2) is 0 Å². The van der Waals surface area contributed by atoms with Gasteiger partial charge in [-0.2, -0.15) is 0 Å². The third-order valence-electron chi connectivity index (χ3n) is 4.36. The zero-order chi connectivity index (χ0) is 18.8. The fourth-order valence-electron chi connectivity index (χ4n) is 2.94. The summed E-state index contributed by atoms with van der Waals surface area (Å²) < 4.78 is 5.91. The molecule has 0 atom stereocenters. The molecule has 0 aliphatic carbocycles. The van der Waals surface area contributed by atoms with Crippen LogP contribution in [0.25, 0.3) is 11.0 Å². The molecule has 136 valence electrons. The molecule has 3 nitrogen and oxygen atoms in total. The third-order valence-corrected chi connectivity index (χ3v) is 5.38. The van der Waals surface area contributed by atoms with Crippen molar-refractivity contribution in [2.45, 2.75) is 13.0 Å². The van der Waals surface area contributed by atoms with Crippen LogP contribution >= 0.6 is 34.8 Å². The first-order valence-electron chi connectivity index (χ1n) is 8.37. The molecule has 2 heterocycles. The highest BCUT2D eigenvalue weighted by atomic mass is 35.5. The van der Waals surface area contributed by atoms with E-state index in [9.17, 15) is 0 Å². The van der Waals surface area contributed by atoms with Gasteiger partial charge in [0.05, 0.1) is 5.02 Å². The maximum Gasteiger partial charge on any atom is 0.138 e. The first-order chi connectivity index (χ1) is 13.1. The Hall–Kier alpha value is -2.20. The molecular weight excluding hydrogens is 403 g/mol. The average molecular weight is 418 g/mol. The summed E-state index contributed by atoms with van der Waals surface area (Å²) in [4.78, 5) is 7.49. The molecule has 0 unspecified atom stereocenters. The summed E-state index contributed by atoms with van der Waals surface area (Å²) in [5.74, 6) is 0.601. The zero-order valence-electron chi connectivity index (χ0n) is 14.2. The van der Waals surface area contributed by atoms with Gasteiger partial charge in [-0.25, -0.2) is 4.98 Å². The number of pyridine rings is 1. The Morgan fingerprint density at radius 1 is 0.963 bits per heavy atom. The normalized spacial score (nSPS) is 11.1. The summed E-state index contributed by atoms with van der Waals surface area (Å²) in [6.07, 6.45) is 4.28. The second-order valence-corrected chi connectivity index (χ2v) is 7.37. The molecule has 0 saturated carbocycles. The van der Waals surface area contributed by atoms with E-state index in [-0.39, 0.29) is 0 Å². The molecule has 0 radical (unpaired) electrons. The minimum absolute atomic E-state index is 0.398. The van der Waals surface area contributed by atoms with Crippen LogP contribution in [-0.2, 0) is 13.0 Å². The quantitative estimate of drug-likeness (QED) is 0.392. The molecule has 0 bridgehead atoms. The van der Waals surface area contributed by atoms with Gasteiger partial charge in [-0.1, -0.05) is 46.9 Å². The standard InChI is InChI=1S/C21H15Cl3N2O/c22-15-5-3-13(4-6-15)12-27-19-8-7-18(23)17(20(19)24)10-14-11-26-21-16(14)2-1-9-25-21/h1-9,11H,10,12H2,(H,25,26). The molecule has 0 saturated heterocycles. The van der Waals surface area contributed by atoms with Gasteiger partial charge in [0.25, 0.3) is 0 Å². The van der Waals surface area contributed by atoms with E-state index in [0.29, 0.717) is 33.8 Å². The molecule has 4 aromatic rings. The largest absolute Gasteiger partial charge is 0.487 e. The van der Waals surface area contributed by atoms with Gasteiger partial charge in [-0.3, -0.25) is 0 Å². The summed E-state index contributed by atoms with van der Waals surface area (Å²) in [5, 5.41) is 2.88. The Morgan fingerprint density at radius 3 is 2.59 bits per heavy atom. The molecule has 1 N–H and O–H groups in total. The summed E-state index contributed by atoms with van der Waals surface area (Å²) in [7, 11) is 0. The number of nitrogens with zero attached hydrogens (tertiary/aromatic N) is 1. The van der Waals surface area contributed by atoms with Crippen molar-refractivity contribution in [3.05, 3.63) is 92.7 Å². The van der Waals surface area contributed by atoms with Crippen LogP contribution in [0.15, 0.2) is 60.9 Å². The lowest BCUT2D eigenvalue weighted by atomic mass is 10.0. The molecule has 4 rings (SSSR count). The average Bonchev–Trinajstić information content (AvgIpc) is 3.09. The molecule has 2 aromatic carbocycles. The molecule has 0 fully saturated rings. The number of aromatic nitrogens is 2. The SMILES string of the molecule is Clc1ccc(COc2ccc(Cl)c(Cc3c[nH]c4ncccc34)c2Cl)cc1. The van der Waals surface area contributed by atoms with E-state index in [1.54, 1.807) is 12.3 Å². The van der Waals surface area contributed by atoms with Crippen LogP contribution in [-0.4, -0.2) is 9.97 Å². The van der Waals surface area contributed by atoms with Gasteiger partial charge < -0.3 is 9.72 Å². The highest BCUT2D eigenvalue weighted by Gasteiger charge is 2.15. The van der Waals surface area contributed by atoms with Crippen molar-refractivity contribution in [1.82, 2.24) is 9.97 Å². The van der Waals surface area contributed by atoms with Crippen LogP contribution in [0.1, 0.15) is 16.7 Å². The second kappa shape index (κ2) is 7.81. The van der Waals surface area contributed by atoms with Gasteiger partial charge in [0.1, 0.15) is 18.0 Å². The second-order valence-electron chi connectivity index (χ2n) is 6.14. The first kappa shape index (κ1) is 18.2. The molecule has 0 spiro atoms. The Bertz CT molecular complexity index is 1090. The molecule has 0 amide bonds. The van der Waals surface area contributed by atoms with Crippen LogP contribution in [0, 0.1) is 0 Å². The summed E-state index contributed by atoms with van der Waals surface area (Å²) in [6.45, 7) is 0.398. The minimum atomic E-state index is 0.398. The van der Waals surface area contributed by atoms with E-state index in [0.717, 1.165) is 27.7 Å². The number of H-pyrrole nitrogens is 1. The fourth-order valence-corrected chi connectivity index (χ4v) is 3.63. The predicted molar refractivity (Wildman–Crippen MR) is 111 cm³/mol. The molecular formula is C21H15Cl3N2O. The number of hydrogen-bond acceptors (Lipinski definition) is 2. The van der Waals surface area contributed by atoms with Gasteiger partial charge in [0, 0.05) is 34.2 Å². The van der Waals surface area contributed by atoms with Gasteiger partial charge in [-0.05, 0) is 53.1 Å². The number of ether oxygens (including phenoxy) is 1. The Balaban J connectivity index is 1.59. The van der Waals surface area contributed by atoms with E-state index < -0.39 is 0 Å². The number of aromatic amines is 1. The lowest BCUT2D eigenvalue weighted by molar-refractivity contribution is 0.306. The van der Waals surface area contributed by atoms with E-state index in [4.69, 9.17) is 39.5 Å². The van der Waals surface area contributed by atoms with E-state index >= 15 is 0 Å². The highest BCUT2D eigenvalue weighted by molar-refractivity contribution is 6.37. The van der Waals surface area contributed by atoms with E-state index in [1.165, 1.54) is 0 Å². The monoisotopic (exact) mass is 416 g/mol. The number of fused-ring (bicyclic) bond motifs is 1. The number of halogens is 3. The lowest BCUT2D eigenvalue weighted by Gasteiger charge is -2.13. The molecule has 2 aromatic heterocycles. The van der Waals surface area contributed by atoms with Crippen molar-refractivity contribution in [2.75, 3.05) is 0 Å². The molecule has 27 heavy (non-hydrogen) atoms. The number of hydrogen-bond donors (Lipinski definition) is 1. The summed E-state index contributed by atoms with van der Waals surface area (Å²) >= 11 is 19.0. The fraction of sp³-hybridized carbons (Fsp3) is 0.0952. The number of benzene rings is 2. The van der Waals surface area contributed by atoms with Crippen LogP contribution in [0.4, 0.5) is 0 Å². The lowest BCUT2D eigenvalue weighted by Crippen LogP contribution is -1.98. The maximum absolute atomic E-state index is 6.62. The van der Waals surface area contributed by atoms with Crippen molar-refractivity contribution in [3.63, 3.8) is 0 Å². The van der Waals surface area contributed by atoms with E-state index in [1.807, 2.05) is 48.7 Å². The molecule has 0 aliphatic heterocycles. The summed E-state index contributed by atoms with van der Waals surface area (Å²) in [6, 6.07) is 15.1. The highest BCUT2D eigenvalue weighted by Crippen LogP contribution is 2.36. The summed E-state index contributed by atoms with van der Waals surface area (Å²) in [5.41, 5.74) is 3.76. The number of nitrogens with one attached hydrogen (secondary N) is 1. The Kier molecular flexibility index (Phi) is 5.26. The number of rotatable bonds is 5. The van der Waals surface area contributed by atoms with Gasteiger partial charge >= 0.3 is 0 Å². The maximum atomic E-state index is 6.62. The van der Waals surface area contributed by atoms with Crippen LogP contribution in [0.5, 0.6) is 5.75 Å². The van der Waals surface area contributed by atoms with Crippen molar-refractivity contribution >= 4 is 45.8 Å². The minimum Gasteiger partial charge on any atom is -0.487 e.